The van der Waals surface area contributed by atoms with Gasteiger partial charge in [0.15, 0.2) is 0 Å². The van der Waals surface area contributed by atoms with Gasteiger partial charge < -0.3 is 4.90 Å². The van der Waals surface area contributed by atoms with Crippen LogP contribution >= 0.6 is 0 Å². The lowest BCUT2D eigenvalue weighted by Gasteiger charge is -2.37. The predicted octanol–water partition coefficient (Wildman–Crippen LogP) is 4.71. The van der Waals surface area contributed by atoms with Crippen molar-refractivity contribution in [3.05, 3.63) is 89.4 Å². The summed E-state index contributed by atoms with van der Waals surface area (Å²) in [5.41, 5.74) is 5.56. The average Bonchev–Trinajstić information content (AvgIpc) is 2.62. The van der Waals surface area contributed by atoms with E-state index < -0.39 is 0 Å². The molecule has 2 heterocycles. The van der Waals surface area contributed by atoms with Crippen molar-refractivity contribution in [1.29, 1.82) is 0 Å². The Morgan fingerprint density at radius 1 is 1.20 bits per heavy atom. The minimum atomic E-state index is -0.185. The second-order valence-electron chi connectivity index (χ2n) is 6.66. The zero-order valence-corrected chi connectivity index (χ0v) is 14.5. The molecule has 2 atom stereocenters. The Morgan fingerprint density at radius 3 is 2.76 bits per heavy atom. The van der Waals surface area contributed by atoms with Gasteiger partial charge in [0.1, 0.15) is 5.83 Å². The number of dihydropyridines is 1. The van der Waals surface area contributed by atoms with Crippen molar-refractivity contribution in [1.82, 2.24) is 4.90 Å². The fourth-order valence-electron chi connectivity index (χ4n) is 3.83. The van der Waals surface area contributed by atoms with Gasteiger partial charge in [0.25, 0.3) is 0 Å². The van der Waals surface area contributed by atoms with E-state index in [1.807, 2.05) is 24.3 Å². The third kappa shape index (κ3) is 2.80. The molecule has 0 bridgehead atoms. The highest BCUT2D eigenvalue weighted by Crippen LogP contribution is 2.41. The van der Waals surface area contributed by atoms with Crippen molar-refractivity contribution < 1.29 is 4.39 Å². The number of halogens is 1. The van der Waals surface area contributed by atoms with Crippen molar-refractivity contribution in [2.75, 3.05) is 13.6 Å². The first-order valence-electron chi connectivity index (χ1n) is 8.63. The number of benzene rings is 1. The van der Waals surface area contributed by atoms with Gasteiger partial charge in [-0.2, -0.15) is 0 Å². The number of aliphatic imine (C=N–C) groups is 1. The predicted molar refractivity (Wildman–Crippen MR) is 102 cm³/mol. The smallest absolute Gasteiger partial charge is 0.119 e. The Balaban J connectivity index is 1.97. The highest BCUT2D eigenvalue weighted by atomic mass is 19.1. The van der Waals surface area contributed by atoms with Crippen molar-refractivity contribution in [3.8, 4) is 0 Å². The van der Waals surface area contributed by atoms with Crippen molar-refractivity contribution in [2.24, 2.45) is 10.9 Å². The molecular weight excluding hydrogens is 311 g/mol. The zero-order valence-electron chi connectivity index (χ0n) is 14.5. The highest BCUT2D eigenvalue weighted by Gasteiger charge is 2.34. The number of hydrogen-bond acceptors (Lipinski definition) is 2. The van der Waals surface area contributed by atoms with Gasteiger partial charge >= 0.3 is 0 Å². The van der Waals surface area contributed by atoms with Crippen LogP contribution in [0, 0.1) is 5.92 Å². The molecule has 1 aromatic rings. The molecule has 0 radical (unpaired) electrons. The monoisotopic (exact) mass is 332 g/mol. The SMILES string of the molecule is CC1=NC2C=CC(F)=CC2C(C2=CC=CCN2C)=C1c1ccccc1. The van der Waals surface area contributed by atoms with Gasteiger partial charge in [-0.1, -0.05) is 48.6 Å². The molecule has 3 heteroatoms. The first-order chi connectivity index (χ1) is 12.1. The summed E-state index contributed by atoms with van der Waals surface area (Å²) in [4.78, 5) is 7.08. The lowest BCUT2D eigenvalue weighted by atomic mass is 9.77. The van der Waals surface area contributed by atoms with Crippen LogP contribution in [0.2, 0.25) is 0 Å². The van der Waals surface area contributed by atoms with E-state index in [1.165, 1.54) is 6.08 Å². The number of allylic oxidation sites excluding steroid dienone is 6. The van der Waals surface area contributed by atoms with Gasteiger partial charge in [-0.05, 0) is 36.3 Å². The number of likely N-dealkylation sites (N-methyl/N-ethyl adjacent to an activating group) is 1. The summed E-state index contributed by atoms with van der Waals surface area (Å²) in [6.07, 6.45) is 11.5. The molecule has 2 unspecified atom stereocenters. The molecule has 0 fully saturated rings. The molecule has 0 saturated heterocycles. The summed E-state index contributed by atoms with van der Waals surface area (Å²) in [5.74, 6) is -0.264. The van der Waals surface area contributed by atoms with Gasteiger partial charge in [0, 0.05) is 36.5 Å². The van der Waals surface area contributed by atoms with Crippen LogP contribution in [0.1, 0.15) is 12.5 Å². The van der Waals surface area contributed by atoms with Crippen LogP contribution in [-0.4, -0.2) is 30.2 Å². The largest absolute Gasteiger partial charge is 0.371 e. The van der Waals surface area contributed by atoms with Crippen LogP contribution in [0.4, 0.5) is 4.39 Å². The standard InChI is InChI=1S/C22H21FN2/c1-15-21(16-8-4-3-5-9-16)22(20-10-6-7-13-25(20)2)18-14-17(23)11-12-19(18)24-15/h3-12,14,18-19H,13H2,1-2H3. The van der Waals surface area contributed by atoms with E-state index in [0.717, 1.165) is 34.7 Å². The quantitative estimate of drug-likeness (QED) is 0.766. The molecule has 2 aliphatic heterocycles. The summed E-state index contributed by atoms with van der Waals surface area (Å²) in [5, 5.41) is 0. The van der Waals surface area contributed by atoms with E-state index >= 15 is 0 Å². The second kappa shape index (κ2) is 6.32. The van der Waals surface area contributed by atoms with Crippen LogP contribution in [-0.2, 0) is 0 Å². The summed E-state index contributed by atoms with van der Waals surface area (Å²) in [7, 11) is 2.08. The average molecular weight is 332 g/mol. The third-order valence-electron chi connectivity index (χ3n) is 4.99. The lowest BCUT2D eigenvalue weighted by Crippen LogP contribution is -2.32. The molecule has 3 aliphatic rings. The summed E-state index contributed by atoms with van der Waals surface area (Å²) < 4.78 is 14.1. The number of rotatable bonds is 2. The van der Waals surface area contributed by atoms with Gasteiger partial charge in [-0.15, -0.1) is 0 Å². The summed E-state index contributed by atoms with van der Waals surface area (Å²) in [6, 6.07) is 10.3. The molecule has 2 nitrogen and oxygen atoms in total. The highest BCUT2D eigenvalue weighted by molar-refractivity contribution is 6.25. The Hall–Kier alpha value is -2.68. The Labute approximate surface area is 148 Å². The minimum absolute atomic E-state index is 0.0397. The fraction of sp³-hybridized carbons (Fsp3) is 0.227. The molecule has 126 valence electrons. The maximum absolute atomic E-state index is 14.1. The Kier molecular flexibility index (Phi) is 4.00. The molecule has 0 saturated carbocycles. The van der Waals surface area contributed by atoms with Crippen LogP contribution in [0.25, 0.3) is 5.57 Å². The van der Waals surface area contributed by atoms with E-state index in [1.54, 1.807) is 6.08 Å². The molecule has 1 aromatic carbocycles. The third-order valence-corrected chi connectivity index (χ3v) is 4.99. The van der Waals surface area contributed by atoms with Gasteiger partial charge in [-0.25, -0.2) is 4.39 Å². The molecule has 0 aromatic heterocycles. The molecule has 4 rings (SSSR count). The maximum atomic E-state index is 14.1. The molecule has 25 heavy (non-hydrogen) atoms. The van der Waals surface area contributed by atoms with Crippen molar-refractivity contribution in [3.63, 3.8) is 0 Å². The molecule has 0 spiro atoms. The van der Waals surface area contributed by atoms with Gasteiger partial charge in [0.05, 0.1) is 6.04 Å². The lowest BCUT2D eigenvalue weighted by molar-refractivity contribution is 0.450. The van der Waals surface area contributed by atoms with Crippen molar-refractivity contribution in [2.45, 2.75) is 13.0 Å². The fourth-order valence-corrected chi connectivity index (χ4v) is 3.83. The normalized spacial score (nSPS) is 25.4. The molecule has 0 amide bonds. The summed E-state index contributed by atoms with van der Waals surface area (Å²) >= 11 is 0. The van der Waals surface area contributed by atoms with E-state index in [2.05, 4.69) is 49.2 Å². The number of fused-ring (bicyclic) bond motifs is 1. The maximum Gasteiger partial charge on any atom is 0.119 e. The molecule has 0 N–H and O–H groups in total. The Bertz CT molecular complexity index is 869. The van der Waals surface area contributed by atoms with Crippen LogP contribution in [0.5, 0.6) is 0 Å². The van der Waals surface area contributed by atoms with E-state index in [0.29, 0.717) is 0 Å². The molecule has 1 aliphatic carbocycles. The second-order valence-corrected chi connectivity index (χ2v) is 6.66. The van der Waals surface area contributed by atoms with Crippen LogP contribution in [0.3, 0.4) is 0 Å². The summed E-state index contributed by atoms with van der Waals surface area (Å²) in [6.45, 7) is 2.91. The van der Waals surface area contributed by atoms with E-state index in [4.69, 9.17) is 4.99 Å². The van der Waals surface area contributed by atoms with E-state index in [-0.39, 0.29) is 17.8 Å². The number of nitrogens with zero attached hydrogens (tertiary/aromatic N) is 2. The first-order valence-corrected chi connectivity index (χ1v) is 8.63. The van der Waals surface area contributed by atoms with Crippen LogP contribution < -0.4 is 0 Å². The van der Waals surface area contributed by atoms with Gasteiger partial charge in [0.2, 0.25) is 0 Å². The Morgan fingerprint density at radius 2 is 2.00 bits per heavy atom. The van der Waals surface area contributed by atoms with Gasteiger partial charge in [-0.3, -0.25) is 4.99 Å². The molecular formula is C22H21FN2. The number of hydrogen-bond donors (Lipinski definition) is 0. The minimum Gasteiger partial charge on any atom is -0.371 e. The van der Waals surface area contributed by atoms with Crippen molar-refractivity contribution >= 4 is 11.3 Å². The first kappa shape index (κ1) is 15.8. The zero-order chi connectivity index (χ0) is 17.4. The van der Waals surface area contributed by atoms with Crippen LogP contribution in [0.15, 0.2) is 88.9 Å². The van der Waals surface area contributed by atoms with E-state index in [9.17, 15) is 4.39 Å². The topological polar surface area (TPSA) is 15.6 Å².